The lowest BCUT2D eigenvalue weighted by atomic mass is 9.92. The molecule has 0 aliphatic carbocycles. The van der Waals surface area contributed by atoms with Crippen LogP contribution in [0.4, 0.5) is 5.69 Å². The van der Waals surface area contributed by atoms with Crippen LogP contribution in [0.1, 0.15) is 45.6 Å². The molecule has 2 rings (SSSR count). The molecule has 1 heterocycles. The average Bonchev–Trinajstić information content (AvgIpc) is 2.82. The molecule has 0 aromatic heterocycles. The molecular formula is C17H28N2. The highest BCUT2D eigenvalue weighted by atomic mass is 15.1. The minimum atomic E-state index is 0.400. The second-order valence-electron chi connectivity index (χ2n) is 6.88. The van der Waals surface area contributed by atoms with E-state index in [2.05, 4.69) is 55.3 Å². The number of anilines is 1. The zero-order chi connectivity index (χ0) is 13.7. The molecule has 0 saturated carbocycles. The molecule has 2 nitrogen and oxygen atoms in total. The Morgan fingerprint density at radius 1 is 1.11 bits per heavy atom. The van der Waals surface area contributed by atoms with Crippen LogP contribution in [-0.2, 0) is 6.54 Å². The number of likely N-dealkylation sites (tertiary alicyclic amines) is 1. The van der Waals surface area contributed by atoms with Crippen LogP contribution in [0.5, 0.6) is 0 Å². The molecule has 19 heavy (non-hydrogen) atoms. The molecule has 1 aromatic carbocycles. The number of benzene rings is 1. The molecule has 1 aliphatic rings. The predicted molar refractivity (Wildman–Crippen MR) is 83.5 cm³/mol. The first-order valence-corrected chi connectivity index (χ1v) is 7.59. The van der Waals surface area contributed by atoms with Gasteiger partial charge in [-0.2, -0.15) is 0 Å². The Morgan fingerprint density at radius 2 is 1.79 bits per heavy atom. The Morgan fingerprint density at radius 3 is 2.47 bits per heavy atom. The maximum atomic E-state index is 3.62. The van der Waals surface area contributed by atoms with Crippen molar-refractivity contribution in [2.75, 3.05) is 25.0 Å². The van der Waals surface area contributed by atoms with E-state index in [4.69, 9.17) is 0 Å². The number of para-hydroxylation sites is 1. The highest BCUT2D eigenvalue weighted by Crippen LogP contribution is 2.22. The van der Waals surface area contributed by atoms with E-state index in [0.717, 1.165) is 13.1 Å². The second kappa shape index (κ2) is 6.42. The summed E-state index contributed by atoms with van der Waals surface area (Å²) in [4.78, 5) is 2.56. The molecule has 2 heteroatoms. The lowest BCUT2D eigenvalue weighted by Crippen LogP contribution is -2.20. The summed E-state index contributed by atoms with van der Waals surface area (Å²) in [5.74, 6) is 0. The van der Waals surface area contributed by atoms with Gasteiger partial charge in [-0.1, -0.05) is 39.0 Å². The predicted octanol–water partition coefficient (Wildman–Crippen LogP) is 4.13. The third-order valence-corrected chi connectivity index (χ3v) is 3.80. The van der Waals surface area contributed by atoms with Crippen LogP contribution < -0.4 is 5.32 Å². The maximum absolute atomic E-state index is 3.62. The van der Waals surface area contributed by atoms with Gasteiger partial charge in [-0.15, -0.1) is 0 Å². The van der Waals surface area contributed by atoms with Gasteiger partial charge in [0.05, 0.1) is 0 Å². The van der Waals surface area contributed by atoms with E-state index in [0.29, 0.717) is 5.41 Å². The number of rotatable bonds is 5. The largest absolute Gasteiger partial charge is 0.385 e. The monoisotopic (exact) mass is 260 g/mol. The van der Waals surface area contributed by atoms with Crippen molar-refractivity contribution in [3.63, 3.8) is 0 Å². The first-order valence-electron chi connectivity index (χ1n) is 7.59. The summed E-state index contributed by atoms with van der Waals surface area (Å²) in [5.41, 5.74) is 3.16. The molecule has 0 unspecified atom stereocenters. The number of hydrogen-bond acceptors (Lipinski definition) is 2. The van der Waals surface area contributed by atoms with Crippen LogP contribution >= 0.6 is 0 Å². The normalized spacial score (nSPS) is 16.8. The number of hydrogen-bond donors (Lipinski definition) is 1. The van der Waals surface area contributed by atoms with E-state index in [-0.39, 0.29) is 0 Å². The van der Waals surface area contributed by atoms with E-state index in [1.165, 1.54) is 43.6 Å². The molecule has 0 amide bonds. The highest BCUT2D eigenvalue weighted by molar-refractivity contribution is 5.51. The topological polar surface area (TPSA) is 15.3 Å². The van der Waals surface area contributed by atoms with Gasteiger partial charge in [-0.05, 0) is 49.4 Å². The van der Waals surface area contributed by atoms with Crippen LogP contribution in [-0.4, -0.2) is 24.5 Å². The summed E-state index contributed by atoms with van der Waals surface area (Å²) in [6, 6.07) is 8.76. The molecule has 0 bridgehead atoms. The molecular weight excluding hydrogens is 232 g/mol. The minimum absolute atomic E-state index is 0.400. The van der Waals surface area contributed by atoms with E-state index in [1.54, 1.807) is 0 Å². The molecule has 1 aliphatic heterocycles. The summed E-state index contributed by atoms with van der Waals surface area (Å²) in [6.45, 7) is 11.6. The van der Waals surface area contributed by atoms with Gasteiger partial charge in [0.2, 0.25) is 0 Å². The summed E-state index contributed by atoms with van der Waals surface area (Å²) >= 11 is 0. The van der Waals surface area contributed by atoms with Gasteiger partial charge in [0.25, 0.3) is 0 Å². The maximum Gasteiger partial charge on any atom is 0.0385 e. The zero-order valence-corrected chi connectivity index (χ0v) is 12.7. The number of nitrogens with zero attached hydrogens (tertiary/aromatic N) is 1. The van der Waals surface area contributed by atoms with Crippen molar-refractivity contribution >= 4 is 5.69 Å². The first kappa shape index (κ1) is 14.4. The van der Waals surface area contributed by atoms with Crippen molar-refractivity contribution in [2.45, 2.75) is 46.6 Å². The molecule has 1 aromatic rings. The molecule has 1 saturated heterocycles. The van der Waals surface area contributed by atoms with Gasteiger partial charge in [0.15, 0.2) is 0 Å². The lowest BCUT2D eigenvalue weighted by molar-refractivity contribution is 0.332. The summed E-state index contributed by atoms with van der Waals surface area (Å²) < 4.78 is 0. The van der Waals surface area contributed by atoms with Gasteiger partial charge in [-0.3, -0.25) is 4.90 Å². The van der Waals surface area contributed by atoms with Crippen molar-refractivity contribution in [2.24, 2.45) is 5.41 Å². The Labute approximate surface area is 118 Å². The first-order chi connectivity index (χ1) is 9.04. The summed E-state index contributed by atoms with van der Waals surface area (Å²) in [7, 11) is 0. The second-order valence-corrected chi connectivity index (χ2v) is 6.88. The van der Waals surface area contributed by atoms with Crippen LogP contribution in [0.3, 0.4) is 0 Å². The zero-order valence-electron chi connectivity index (χ0n) is 12.7. The molecule has 0 spiro atoms. The molecule has 106 valence electrons. The van der Waals surface area contributed by atoms with Gasteiger partial charge < -0.3 is 5.32 Å². The molecule has 1 N–H and O–H groups in total. The fourth-order valence-corrected chi connectivity index (χ4v) is 2.58. The number of nitrogens with one attached hydrogen (secondary N) is 1. The lowest BCUT2D eigenvalue weighted by Gasteiger charge is -2.21. The van der Waals surface area contributed by atoms with Gasteiger partial charge in [0, 0.05) is 18.8 Å². The standard InChI is InChI=1S/C17H28N2/c1-17(2,3)10-11-18-16-9-5-4-8-15(16)14-19-12-6-7-13-19/h4-5,8-9,18H,6-7,10-14H2,1-3H3. The van der Waals surface area contributed by atoms with Crippen LogP contribution in [0.25, 0.3) is 0 Å². The van der Waals surface area contributed by atoms with Crippen molar-refractivity contribution in [3.8, 4) is 0 Å². The van der Waals surface area contributed by atoms with Crippen LogP contribution in [0.15, 0.2) is 24.3 Å². The van der Waals surface area contributed by atoms with E-state index >= 15 is 0 Å². The Bertz CT molecular complexity index is 386. The van der Waals surface area contributed by atoms with Gasteiger partial charge >= 0.3 is 0 Å². The minimum Gasteiger partial charge on any atom is -0.385 e. The molecule has 0 atom stereocenters. The molecule has 1 fully saturated rings. The van der Waals surface area contributed by atoms with Crippen molar-refractivity contribution < 1.29 is 0 Å². The van der Waals surface area contributed by atoms with Crippen LogP contribution in [0.2, 0.25) is 0 Å². The van der Waals surface area contributed by atoms with Crippen LogP contribution in [0, 0.1) is 5.41 Å². The third kappa shape index (κ3) is 4.87. The fourth-order valence-electron chi connectivity index (χ4n) is 2.58. The van der Waals surface area contributed by atoms with E-state index in [1.807, 2.05) is 0 Å². The fraction of sp³-hybridized carbons (Fsp3) is 0.647. The van der Waals surface area contributed by atoms with E-state index in [9.17, 15) is 0 Å². The summed E-state index contributed by atoms with van der Waals surface area (Å²) in [5, 5.41) is 3.62. The Kier molecular flexibility index (Phi) is 4.87. The molecule has 0 radical (unpaired) electrons. The van der Waals surface area contributed by atoms with E-state index < -0.39 is 0 Å². The SMILES string of the molecule is CC(C)(C)CCNc1ccccc1CN1CCCC1. The highest BCUT2D eigenvalue weighted by Gasteiger charge is 2.14. The van der Waals surface area contributed by atoms with Crippen molar-refractivity contribution in [1.29, 1.82) is 0 Å². The third-order valence-electron chi connectivity index (χ3n) is 3.80. The van der Waals surface area contributed by atoms with Gasteiger partial charge in [0.1, 0.15) is 0 Å². The smallest absolute Gasteiger partial charge is 0.0385 e. The Hall–Kier alpha value is -1.02. The summed E-state index contributed by atoms with van der Waals surface area (Å²) in [6.07, 6.45) is 3.92. The average molecular weight is 260 g/mol. The van der Waals surface area contributed by atoms with Gasteiger partial charge in [-0.25, -0.2) is 0 Å². The quantitative estimate of drug-likeness (QED) is 0.856. The Balaban J connectivity index is 1.91. The van der Waals surface area contributed by atoms with Crippen molar-refractivity contribution in [3.05, 3.63) is 29.8 Å². The van der Waals surface area contributed by atoms with Crippen molar-refractivity contribution in [1.82, 2.24) is 4.90 Å².